The van der Waals surface area contributed by atoms with E-state index in [4.69, 9.17) is 14.5 Å². The molecule has 0 aliphatic heterocycles. The van der Waals surface area contributed by atoms with Crippen molar-refractivity contribution in [1.29, 1.82) is 0 Å². The zero-order chi connectivity index (χ0) is 17.0. The molecule has 0 amide bonds. The van der Waals surface area contributed by atoms with Crippen LogP contribution >= 0.6 is 0 Å². The number of carbonyl (C=O) groups is 2. The minimum atomic E-state index is -1.53. The van der Waals surface area contributed by atoms with Crippen molar-refractivity contribution < 1.29 is 24.1 Å². The van der Waals surface area contributed by atoms with Gasteiger partial charge in [-0.05, 0) is 27.7 Å². The Kier molecular flexibility index (Phi) is 5.85. The third-order valence-corrected chi connectivity index (χ3v) is 3.33. The first-order valence-corrected chi connectivity index (χ1v) is 7.16. The highest BCUT2D eigenvalue weighted by Gasteiger charge is 2.47. The molecule has 0 spiro atoms. The minimum Gasteiger partial charge on any atom is -0.467 e. The summed E-state index contributed by atoms with van der Waals surface area (Å²) in [7, 11) is 1.25. The molecule has 0 saturated heterocycles. The van der Waals surface area contributed by atoms with Crippen LogP contribution in [0.5, 0.6) is 0 Å². The lowest BCUT2D eigenvalue weighted by atomic mass is 9.84. The lowest BCUT2D eigenvalue weighted by molar-refractivity contribution is -0.398. The Hall–Kier alpha value is -1.72. The number of ketones is 1. The quantitative estimate of drug-likeness (QED) is 0.349. The van der Waals surface area contributed by atoms with Crippen molar-refractivity contribution in [3.8, 4) is 0 Å². The maximum Gasteiger partial charge on any atom is 0.342 e. The molecule has 5 nitrogen and oxygen atoms in total. The van der Waals surface area contributed by atoms with Crippen LogP contribution in [0.1, 0.15) is 45.0 Å². The van der Waals surface area contributed by atoms with Gasteiger partial charge in [-0.2, -0.15) is 0 Å². The second-order valence-electron chi connectivity index (χ2n) is 6.33. The van der Waals surface area contributed by atoms with Crippen LogP contribution in [0.15, 0.2) is 30.3 Å². The Labute approximate surface area is 131 Å². The second kappa shape index (κ2) is 7.03. The monoisotopic (exact) mass is 308 g/mol. The van der Waals surface area contributed by atoms with Gasteiger partial charge in [-0.1, -0.05) is 37.3 Å². The highest BCUT2D eigenvalue weighted by molar-refractivity contribution is 6.01. The summed E-state index contributed by atoms with van der Waals surface area (Å²) in [4.78, 5) is 35.4. The first kappa shape index (κ1) is 18.3. The molecule has 1 aromatic rings. The fourth-order valence-corrected chi connectivity index (χ4v) is 1.80. The molecule has 2 unspecified atom stereocenters. The normalized spacial score (nSPS) is 15.7. The molecule has 5 heteroatoms. The predicted octanol–water partition coefficient (Wildman–Crippen LogP) is 3.18. The Morgan fingerprint density at radius 1 is 1.00 bits per heavy atom. The molecule has 122 valence electrons. The largest absolute Gasteiger partial charge is 0.467 e. The van der Waals surface area contributed by atoms with E-state index in [1.165, 1.54) is 14.0 Å². The lowest BCUT2D eigenvalue weighted by Gasteiger charge is -2.33. The standard InChI is InChI=1S/C17H24O5/c1-12(14(18)13-10-8-7-9-11-13)17(5,15(19)20-6)22-21-16(2,3)4/h7-12H,1-6H3. The smallest absolute Gasteiger partial charge is 0.342 e. The molecule has 0 saturated carbocycles. The number of hydrogen-bond acceptors (Lipinski definition) is 5. The number of Topliss-reactive ketones (excluding diaryl/α,β-unsaturated/α-hetero) is 1. The Bertz CT molecular complexity index is 518. The van der Waals surface area contributed by atoms with Gasteiger partial charge in [0.1, 0.15) is 0 Å². The van der Waals surface area contributed by atoms with Crippen molar-refractivity contribution in [3.63, 3.8) is 0 Å². The van der Waals surface area contributed by atoms with Crippen molar-refractivity contribution in [2.45, 2.75) is 45.8 Å². The van der Waals surface area contributed by atoms with Gasteiger partial charge in [-0.3, -0.25) is 4.79 Å². The van der Waals surface area contributed by atoms with Crippen molar-refractivity contribution >= 4 is 11.8 Å². The van der Waals surface area contributed by atoms with E-state index < -0.39 is 23.1 Å². The van der Waals surface area contributed by atoms with E-state index >= 15 is 0 Å². The molecular weight excluding hydrogens is 284 g/mol. The molecule has 1 aromatic carbocycles. The number of carbonyl (C=O) groups excluding carboxylic acids is 2. The van der Waals surface area contributed by atoms with Gasteiger partial charge in [-0.25, -0.2) is 14.6 Å². The Morgan fingerprint density at radius 3 is 2.00 bits per heavy atom. The third kappa shape index (κ3) is 4.39. The molecular formula is C17H24O5. The molecule has 22 heavy (non-hydrogen) atoms. The van der Waals surface area contributed by atoms with Gasteiger partial charge in [0.25, 0.3) is 0 Å². The first-order chi connectivity index (χ1) is 10.1. The number of rotatable bonds is 6. The molecule has 2 atom stereocenters. The van der Waals surface area contributed by atoms with Crippen LogP contribution in [-0.4, -0.2) is 30.1 Å². The van der Waals surface area contributed by atoms with Crippen molar-refractivity contribution in [2.75, 3.05) is 7.11 Å². The Morgan fingerprint density at radius 2 is 1.55 bits per heavy atom. The molecule has 0 aliphatic carbocycles. The summed E-state index contributed by atoms with van der Waals surface area (Å²) in [6.07, 6.45) is 0. The maximum atomic E-state index is 12.6. The van der Waals surface area contributed by atoms with Gasteiger partial charge in [0.2, 0.25) is 5.60 Å². The van der Waals surface area contributed by atoms with Crippen LogP contribution in [0.4, 0.5) is 0 Å². The van der Waals surface area contributed by atoms with Crippen LogP contribution in [0, 0.1) is 5.92 Å². The first-order valence-electron chi connectivity index (χ1n) is 7.16. The van der Waals surface area contributed by atoms with E-state index in [-0.39, 0.29) is 5.78 Å². The van der Waals surface area contributed by atoms with Crippen molar-refractivity contribution in [1.82, 2.24) is 0 Å². The van der Waals surface area contributed by atoms with Crippen LogP contribution in [0.2, 0.25) is 0 Å². The van der Waals surface area contributed by atoms with Crippen LogP contribution in [0.3, 0.4) is 0 Å². The summed E-state index contributed by atoms with van der Waals surface area (Å²) in [5.41, 5.74) is -1.65. The Balaban J connectivity index is 3.05. The number of methoxy groups -OCH3 is 1. The zero-order valence-electron chi connectivity index (χ0n) is 14.0. The summed E-state index contributed by atoms with van der Waals surface area (Å²) in [5, 5.41) is 0. The highest BCUT2D eigenvalue weighted by atomic mass is 17.2. The SMILES string of the molecule is COC(=O)C(C)(OOC(C)(C)C)C(C)C(=O)c1ccccc1. The van der Waals surface area contributed by atoms with E-state index in [2.05, 4.69) is 0 Å². The maximum absolute atomic E-state index is 12.6. The summed E-state index contributed by atoms with van der Waals surface area (Å²) in [6.45, 7) is 8.48. The molecule has 0 N–H and O–H groups in total. The molecule has 0 bridgehead atoms. The van der Waals surface area contributed by atoms with Crippen LogP contribution in [-0.2, 0) is 19.3 Å². The van der Waals surface area contributed by atoms with Gasteiger partial charge in [0.15, 0.2) is 5.78 Å². The van der Waals surface area contributed by atoms with E-state index in [1.54, 1.807) is 52.0 Å². The number of esters is 1. The minimum absolute atomic E-state index is 0.217. The van der Waals surface area contributed by atoms with Gasteiger partial charge in [-0.15, -0.1) is 0 Å². The fourth-order valence-electron chi connectivity index (χ4n) is 1.80. The topological polar surface area (TPSA) is 61.8 Å². The van der Waals surface area contributed by atoms with Crippen LogP contribution in [0.25, 0.3) is 0 Å². The van der Waals surface area contributed by atoms with Gasteiger partial charge >= 0.3 is 5.97 Å². The molecule has 0 aliphatic rings. The molecule has 0 fully saturated rings. The van der Waals surface area contributed by atoms with E-state index in [9.17, 15) is 9.59 Å². The number of benzene rings is 1. The van der Waals surface area contributed by atoms with Gasteiger partial charge < -0.3 is 4.74 Å². The number of hydrogen-bond donors (Lipinski definition) is 0. The molecule has 0 heterocycles. The molecule has 1 rings (SSSR count). The fraction of sp³-hybridized carbons (Fsp3) is 0.529. The average molecular weight is 308 g/mol. The van der Waals surface area contributed by atoms with Gasteiger partial charge in [0.05, 0.1) is 18.6 Å². The highest BCUT2D eigenvalue weighted by Crippen LogP contribution is 2.29. The lowest BCUT2D eigenvalue weighted by Crippen LogP contribution is -2.49. The van der Waals surface area contributed by atoms with E-state index in [1.807, 2.05) is 6.07 Å². The van der Waals surface area contributed by atoms with Crippen LogP contribution < -0.4 is 0 Å². The summed E-state index contributed by atoms with van der Waals surface area (Å²) >= 11 is 0. The average Bonchev–Trinajstić information content (AvgIpc) is 2.50. The van der Waals surface area contributed by atoms with E-state index in [0.717, 1.165) is 0 Å². The third-order valence-electron chi connectivity index (χ3n) is 3.33. The summed E-state index contributed by atoms with van der Waals surface area (Å²) in [5.74, 6) is -1.65. The zero-order valence-corrected chi connectivity index (χ0v) is 14.0. The van der Waals surface area contributed by atoms with Crippen molar-refractivity contribution in [3.05, 3.63) is 35.9 Å². The number of ether oxygens (including phenoxy) is 1. The molecule has 0 aromatic heterocycles. The summed E-state index contributed by atoms with van der Waals surface area (Å²) in [6, 6.07) is 8.74. The molecule has 0 radical (unpaired) electrons. The predicted molar refractivity (Wildman–Crippen MR) is 82.3 cm³/mol. The summed E-state index contributed by atoms with van der Waals surface area (Å²) < 4.78 is 4.79. The van der Waals surface area contributed by atoms with Crippen molar-refractivity contribution in [2.24, 2.45) is 5.92 Å². The van der Waals surface area contributed by atoms with Gasteiger partial charge in [0, 0.05) is 5.56 Å². The second-order valence-corrected chi connectivity index (χ2v) is 6.33. The van der Waals surface area contributed by atoms with E-state index in [0.29, 0.717) is 5.56 Å².